The molecule has 0 aliphatic heterocycles. The van der Waals surface area contributed by atoms with Crippen LogP contribution in [0.2, 0.25) is 0 Å². The fourth-order valence-electron chi connectivity index (χ4n) is 2.39. The van der Waals surface area contributed by atoms with Gasteiger partial charge in [-0.2, -0.15) is 0 Å². The number of carboxylic acids is 1. The summed E-state index contributed by atoms with van der Waals surface area (Å²) in [5, 5.41) is 8.90. The molecule has 1 atom stereocenters. The second-order valence-electron chi connectivity index (χ2n) is 6.82. The van der Waals surface area contributed by atoms with E-state index in [9.17, 15) is 4.79 Å². The second kappa shape index (κ2) is 11.9. The van der Waals surface area contributed by atoms with Crippen LogP contribution in [0.3, 0.4) is 0 Å². The molecular formula is C23H29NO4. The van der Waals surface area contributed by atoms with Gasteiger partial charge in [-0.1, -0.05) is 32.4 Å². The van der Waals surface area contributed by atoms with Crippen molar-refractivity contribution < 1.29 is 19.4 Å². The molecule has 0 fully saturated rings. The van der Waals surface area contributed by atoms with Crippen LogP contribution in [0.25, 0.3) is 0 Å². The highest BCUT2D eigenvalue weighted by Crippen LogP contribution is 2.18. The molecule has 2 rings (SSSR count). The molecule has 0 radical (unpaired) electrons. The summed E-state index contributed by atoms with van der Waals surface area (Å²) >= 11 is 0. The third-order valence-corrected chi connectivity index (χ3v) is 4.41. The highest BCUT2D eigenvalue weighted by Gasteiger charge is 2.01. The van der Waals surface area contributed by atoms with Crippen molar-refractivity contribution in [1.29, 1.82) is 0 Å². The molecule has 0 heterocycles. The van der Waals surface area contributed by atoms with E-state index >= 15 is 0 Å². The maximum atomic E-state index is 10.8. The van der Waals surface area contributed by atoms with Gasteiger partial charge < -0.3 is 14.6 Å². The predicted molar refractivity (Wildman–Crippen MR) is 112 cm³/mol. The van der Waals surface area contributed by atoms with Crippen LogP contribution < -0.4 is 4.74 Å². The molecule has 5 nitrogen and oxygen atoms in total. The van der Waals surface area contributed by atoms with E-state index < -0.39 is 5.97 Å². The second-order valence-corrected chi connectivity index (χ2v) is 6.82. The van der Waals surface area contributed by atoms with Crippen LogP contribution >= 0.6 is 0 Å². The van der Waals surface area contributed by atoms with E-state index in [2.05, 4.69) is 18.8 Å². The Morgan fingerprint density at radius 2 is 1.75 bits per heavy atom. The molecule has 2 aromatic rings. The van der Waals surface area contributed by atoms with Gasteiger partial charge in [-0.25, -0.2) is 4.79 Å². The van der Waals surface area contributed by atoms with E-state index in [1.807, 2.05) is 24.3 Å². The van der Waals surface area contributed by atoms with Gasteiger partial charge in [-0.05, 0) is 60.7 Å². The first-order chi connectivity index (χ1) is 13.6. The van der Waals surface area contributed by atoms with Crippen molar-refractivity contribution in [2.75, 3.05) is 19.8 Å². The SMILES string of the molecule is CC[C@H](C)COCCCCOc1ccc(N=Cc2ccc(C(=O)O)cc2)cc1. The van der Waals surface area contributed by atoms with Crippen molar-refractivity contribution in [3.63, 3.8) is 0 Å². The molecule has 0 bridgehead atoms. The lowest BCUT2D eigenvalue weighted by Gasteiger charge is -2.09. The average molecular weight is 383 g/mol. The third-order valence-electron chi connectivity index (χ3n) is 4.41. The van der Waals surface area contributed by atoms with Crippen molar-refractivity contribution in [1.82, 2.24) is 0 Å². The van der Waals surface area contributed by atoms with Crippen LogP contribution in [0, 0.1) is 5.92 Å². The van der Waals surface area contributed by atoms with E-state index in [0.717, 1.165) is 49.5 Å². The fourth-order valence-corrected chi connectivity index (χ4v) is 2.39. The molecule has 0 aromatic heterocycles. The Labute approximate surface area is 167 Å². The van der Waals surface area contributed by atoms with Crippen LogP contribution in [-0.4, -0.2) is 37.1 Å². The van der Waals surface area contributed by atoms with Gasteiger partial charge in [-0.3, -0.25) is 4.99 Å². The topological polar surface area (TPSA) is 68.1 Å². The molecule has 150 valence electrons. The molecule has 0 saturated heterocycles. The van der Waals surface area contributed by atoms with Gasteiger partial charge in [0.25, 0.3) is 0 Å². The van der Waals surface area contributed by atoms with E-state index in [-0.39, 0.29) is 5.56 Å². The lowest BCUT2D eigenvalue weighted by atomic mass is 10.1. The summed E-state index contributed by atoms with van der Waals surface area (Å²) in [4.78, 5) is 15.2. The normalized spacial score (nSPS) is 12.2. The minimum absolute atomic E-state index is 0.265. The zero-order valence-electron chi connectivity index (χ0n) is 16.6. The number of nitrogens with zero attached hydrogens (tertiary/aromatic N) is 1. The molecule has 0 amide bonds. The van der Waals surface area contributed by atoms with Gasteiger partial charge in [0.2, 0.25) is 0 Å². The number of aromatic carboxylic acids is 1. The summed E-state index contributed by atoms with van der Waals surface area (Å²) < 4.78 is 11.4. The zero-order valence-corrected chi connectivity index (χ0v) is 16.6. The highest BCUT2D eigenvalue weighted by molar-refractivity contribution is 5.89. The molecule has 28 heavy (non-hydrogen) atoms. The van der Waals surface area contributed by atoms with Crippen molar-refractivity contribution in [3.05, 3.63) is 59.7 Å². The number of hydrogen-bond acceptors (Lipinski definition) is 4. The maximum Gasteiger partial charge on any atom is 0.335 e. The third kappa shape index (κ3) is 7.92. The Hall–Kier alpha value is -2.66. The average Bonchev–Trinajstić information content (AvgIpc) is 2.72. The van der Waals surface area contributed by atoms with Crippen LogP contribution in [0.15, 0.2) is 53.5 Å². The van der Waals surface area contributed by atoms with Gasteiger partial charge in [-0.15, -0.1) is 0 Å². The number of benzene rings is 2. The quantitative estimate of drug-likeness (QED) is 0.396. The maximum absolute atomic E-state index is 10.8. The minimum atomic E-state index is -0.933. The van der Waals surface area contributed by atoms with Gasteiger partial charge in [0.1, 0.15) is 5.75 Å². The molecule has 1 N–H and O–H groups in total. The highest BCUT2D eigenvalue weighted by atomic mass is 16.5. The molecule has 0 saturated carbocycles. The summed E-state index contributed by atoms with van der Waals surface area (Å²) in [6.07, 6.45) is 4.83. The number of ether oxygens (including phenoxy) is 2. The Kier molecular flexibility index (Phi) is 9.22. The Morgan fingerprint density at radius 3 is 2.39 bits per heavy atom. The smallest absolute Gasteiger partial charge is 0.335 e. The molecule has 0 unspecified atom stereocenters. The van der Waals surface area contributed by atoms with Crippen LogP contribution in [0.4, 0.5) is 5.69 Å². The molecule has 0 aliphatic carbocycles. The molecular weight excluding hydrogens is 354 g/mol. The number of aliphatic imine (C=N–C) groups is 1. The monoisotopic (exact) mass is 383 g/mol. The van der Waals surface area contributed by atoms with E-state index in [1.54, 1.807) is 30.5 Å². The fraction of sp³-hybridized carbons (Fsp3) is 0.391. The first kappa shape index (κ1) is 21.6. The van der Waals surface area contributed by atoms with Crippen LogP contribution in [0.1, 0.15) is 49.0 Å². The standard InChI is InChI=1S/C23H29NO4/c1-3-18(2)17-27-14-4-5-15-28-22-12-10-21(11-13-22)24-16-19-6-8-20(9-7-19)23(25)26/h6-13,16,18H,3-5,14-15,17H2,1-2H3,(H,25,26)/t18-/m0/s1. The zero-order chi connectivity index (χ0) is 20.2. The first-order valence-electron chi connectivity index (χ1n) is 9.76. The largest absolute Gasteiger partial charge is 0.494 e. The number of carboxylic acid groups (broad SMARTS) is 1. The molecule has 5 heteroatoms. The van der Waals surface area contributed by atoms with Gasteiger partial charge in [0.15, 0.2) is 0 Å². The van der Waals surface area contributed by atoms with Crippen molar-refractivity contribution in [3.8, 4) is 5.75 Å². The molecule has 0 aliphatic rings. The Bertz CT molecular complexity index is 738. The summed E-state index contributed by atoms with van der Waals surface area (Å²) in [6, 6.07) is 14.2. The first-order valence-corrected chi connectivity index (χ1v) is 9.76. The Morgan fingerprint density at radius 1 is 1.07 bits per heavy atom. The summed E-state index contributed by atoms with van der Waals surface area (Å²) in [6.45, 7) is 6.67. The number of unbranched alkanes of at least 4 members (excludes halogenated alkanes) is 1. The van der Waals surface area contributed by atoms with E-state index in [0.29, 0.717) is 12.5 Å². The van der Waals surface area contributed by atoms with E-state index in [1.165, 1.54) is 0 Å². The lowest BCUT2D eigenvalue weighted by Crippen LogP contribution is -2.06. The summed E-state index contributed by atoms with van der Waals surface area (Å²) in [5.41, 5.74) is 1.93. The lowest BCUT2D eigenvalue weighted by molar-refractivity contribution is 0.0697. The van der Waals surface area contributed by atoms with Crippen molar-refractivity contribution >= 4 is 17.9 Å². The Balaban J connectivity index is 1.69. The number of rotatable bonds is 12. The van der Waals surface area contributed by atoms with Crippen molar-refractivity contribution in [2.45, 2.75) is 33.1 Å². The number of carbonyl (C=O) groups is 1. The summed E-state index contributed by atoms with van der Waals surface area (Å²) in [5.74, 6) is 0.518. The van der Waals surface area contributed by atoms with Gasteiger partial charge in [0.05, 0.1) is 17.9 Å². The minimum Gasteiger partial charge on any atom is -0.494 e. The number of hydrogen-bond donors (Lipinski definition) is 1. The molecule has 0 spiro atoms. The molecule has 2 aromatic carbocycles. The van der Waals surface area contributed by atoms with Crippen molar-refractivity contribution in [2.24, 2.45) is 10.9 Å². The summed E-state index contributed by atoms with van der Waals surface area (Å²) in [7, 11) is 0. The van der Waals surface area contributed by atoms with Crippen LogP contribution in [0.5, 0.6) is 5.75 Å². The van der Waals surface area contributed by atoms with E-state index in [4.69, 9.17) is 14.6 Å². The predicted octanol–water partition coefficient (Wildman–Crippen LogP) is 5.36. The van der Waals surface area contributed by atoms with Gasteiger partial charge >= 0.3 is 5.97 Å². The van der Waals surface area contributed by atoms with Gasteiger partial charge in [0, 0.05) is 19.4 Å². The van der Waals surface area contributed by atoms with Crippen LogP contribution in [-0.2, 0) is 4.74 Å².